The molecule has 2 N–H and O–H groups in total. The van der Waals surface area contributed by atoms with Gasteiger partial charge in [-0.3, -0.25) is 9.78 Å². The molecule has 7 heteroatoms. The molecule has 1 aliphatic carbocycles. The van der Waals surface area contributed by atoms with Gasteiger partial charge in [-0.15, -0.1) is 13.2 Å². The van der Waals surface area contributed by atoms with Crippen LogP contribution < -0.4 is 4.31 Å². The van der Waals surface area contributed by atoms with Crippen molar-refractivity contribution in [2.45, 2.75) is 86.3 Å². The van der Waals surface area contributed by atoms with Gasteiger partial charge >= 0.3 is 5.97 Å². The Labute approximate surface area is 244 Å². The predicted octanol–water partition coefficient (Wildman–Crippen LogP) is 8.63. The van der Waals surface area contributed by atoms with Crippen LogP contribution in [-0.4, -0.2) is 33.0 Å². The zero-order chi connectivity index (χ0) is 30.6. The van der Waals surface area contributed by atoms with Crippen molar-refractivity contribution in [2.75, 3.05) is 10.6 Å². The summed E-state index contributed by atoms with van der Waals surface area (Å²) >= 11 is 1.59. The fraction of sp³-hybridized carbons (Fsp3) is 0.455. The minimum Gasteiger partial charge on any atom is -0.481 e. The van der Waals surface area contributed by atoms with E-state index in [4.69, 9.17) is 5.11 Å². The highest BCUT2D eigenvalue weighted by Gasteiger charge is 2.36. The van der Waals surface area contributed by atoms with Crippen LogP contribution in [0.1, 0.15) is 88.2 Å². The number of aliphatic hydroxyl groups is 1. The Hall–Kier alpha value is -2.90. The van der Waals surface area contributed by atoms with Crippen molar-refractivity contribution in [3.8, 4) is 11.3 Å². The lowest BCUT2D eigenvalue weighted by molar-refractivity contribution is -0.136. The summed E-state index contributed by atoms with van der Waals surface area (Å²) in [4.78, 5) is 16.5. The number of rotatable bonds is 5. The van der Waals surface area contributed by atoms with Crippen molar-refractivity contribution in [2.24, 2.45) is 5.41 Å². The zero-order valence-electron chi connectivity index (χ0n) is 25.5. The third-order valence-electron chi connectivity index (χ3n) is 6.84. The van der Waals surface area contributed by atoms with Gasteiger partial charge < -0.3 is 14.5 Å². The summed E-state index contributed by atoms with van der Waals surface area (Å²) in [6, 6.07) is 1.56. The van der Waals surface area contributed by atoms with Crippen LogP contribution in [0.3, 0.4) is 0 Å². The van der Waals surface area contributed by atoms with Crippen LogP contribution >= 0.6 is 11.9 Å². The standard InChI is InChI=1S/C27H31FN2O2S.C4H10O.C2H4/c1-7-21-20-12-18(28)14-29-25(20)24-16(3)23(17-8-10-27(4,5)11-9-17)19(13-22(31)32)15(2)26(24)30(21)33-6;1-4(2,3)5;1-2/h8-10,12,14,21H,7,11,13H2,1-6H3,(H,31,32);5H,1-3H3;1-2H2/t21-;;/m0../s1. The summed E-state index contributed by atoms with van der Waals surface area (Å²) in [5.74, 6) is -1.19. The number of allylic oxidation sites excluding steroid dienone is 4. The molecular weight excluding hydrogens is 523 g/mol. The fourth-order valence-corrected chi connectivity index (χ4v) is 6.12. The van der Waals surface area contributed by atoms with Gasteiger partial charge in [0.1, 0.15) is 5.82 Å². The maximum Gasteiger partial charge on any atom is 0.307 e. The lowest BCUT2D eigenvalue weighted by Crippen LogP contribution is -2.28. The Morgan fingerprint density at radius 1 is 1.23 bits per heavy atom. The van der Waals surface area contributed by atoms with Gasteiger partial charge in [-0.1, -0.05) is 50.9 Å². The molecule has 1 atom stereocenters. The van der Waals surface area contributed by atoms with Gasteiger partial charge in [-0.25, -0.2) is 4.39 Å². The van der Waals surface area contributed by atoms with Crippen molar-refractivity contribution >= 4 is 29.2 Å². The van der Waals surface area contributed by atoms with Crippen LogP contribution in [0.25, 0.3) is 16.8 Å². The maximum absolute atomic E-state index is 14.3. The summed E-state index contributed by atoms with van der Waals surface area (Å²) in [6.07, 6.45) is 11.4. The van der Waals surface area contributed by atoms with Crippen LogP contribution in [0.5, 0.6) is 0 Å². The lowest BCUT2D eigenvalue weighted by atomic mass is 9.77. The number of pyridine rings is 1. The molecule has 0 saturated carbocycles. The molecule has 1 aromatic heterocycles. The molecule has 2 heterocycles. The van der Waals surface area contributed by atoms with Crippen molar-refractivity contribution in [1.29, 1.82) is 0 Å². The normalized spacial score (nSPS) is 16.9. The lowest BCUT2D eigenvalue weighted by Gasteiger charge is -2.40. The summed E-state index contributed by atoms with van der Waals surface area (Å²) in [6.45, 7) is 21.8. The molecule has 0 spiro atoms. The SMILES string of the molecule is C=C.CC(C)(C)O.CC[C@H]1c2cc(F)cnc2-c2c(C)c(C3=CCC(C)(C)C=C3)c(CC(=O)O)c(C)c2N1SC. The Bertz CT molecular complexity index is 1300. The summed E-state index contributed by atoms with van der Waals surface area (Å²) in [5, 5.41) is 18.3. The van der Waals surface area contributed by atoms with E-state index in [1.165, 1.54) is 6.20 Å². The monoisotopic (exact) mass is 568 g/mol. The first-order chi connectivity index (χ1) is 18.6. The molecule has 0 radical (unpaired) electrons. The Kier molecular flexibility index (Phi) is 11.0. The molecule has 0 bridgehead atoms. The first-order valence-electron chi connectivity index (χ1n) is 13.6. The zero-order valence-corrected chi connectivity index (χ0v) is 26.3. The number of benzene rings is 1. The number of carboxylic acid groups (broad SMARTS) is 1. The van der Waals surface area contributed by atoms with E-state index in [1.54, 1.807) is 38.8 Å². The van der Waals surface area contributed by atoms with E-state index < -0.39 is 11.6 Å². The maximum atomic E-state index is 14.3. The number of aliphatic carboxylic acids is 1. The average Bonchev–Trinajstić information content (AvgIpc) is 2.86. The third-order valence-corrected chi connectivity index (χ3v) is 7.67. The predicted molar refractivity (Wildman–Crippen MR) is 168 cm³/mol. The molecular formula is C33H45FN2O3S. The number of fused-ring (bicyclic) bond motifs is 3. The largest absolute Gasteiger partial charge is 0.481 e. The van der Waals surface area contributed by atoms with Crippen molar-refractivity contribution in [1.82, 2.24) is 4.98 Å². The van der Waals surface area contributed by atoms with Gasteiger partial charge in [0.25, 0.3) is 0 Å². The van der Waals surface area contributed by atoms with E-state index in [0.29, 0.717) is 0 Å². The second-order valence-electron chi connectivity index (χ2n) is 11.8. The van der Waals surface area contributed by atoms with Gasteiger partial charge in [0, 0.05) is 17.4 Å². The van der Waals surface area contributed by atoms with Crippen LogP contribution in [-0.2, 0) is 11.2 Å². The average molecular weight is 569 g/mol. The second-order valence-corrected chi connectivity index (χ2v) is 12.5. The molecule has 0 saturated heterocycles. The van der Waals surface area contributed by atoms with Crippen molar-refractivity contribution in [3.05, 3.63) is 77.3 Å². The number of aromatic nitrogens is 1. The summed E-state index contributed by atoms with van der Waals surface area (Å²) in [5.41, 5.74) is 8.04. The molecule has 0 fully saturated rings. The smallest absolute Gasteiger partial charge is 0.307 e. The molecule has 1 aromatic carbocycles. The Balaban J connectivity index is 0.000000722. The van der Waals surface area contributed by atoms with E-state index in [0.717, 1.165) is 63.2 Å². The van der Waals surface area contributed by atoms with Gasteiger partial charge in [0.05, 0.1) is 35.6 Å². The third kappa shape index (κ3) is 7.43. The van der Waals surface area contributed by atoms with Gasteiger partial charge in [-0.05, 0) is 86.8 Å². The number of carbonyl (C=O) groups is 1. The van der Waals surface area contributed by atoms with Gasteiger partial charge in [0.2, 0.25) is 0 Å². The fourth-order valence-electron chi connectivity index (χ4n) is 5.19. The molecule has 40 heavy (non-hydrogen) atoms. The Morgan fingerprint density at radius 2 is 1.82 bits per heavy atom. The first kappa shape index (κ1) is 33.3. The molecule has 2 aromatic rings. The highest BCUT2D eigenvalue weighted by atomic mass is 32.2. The van der Waals surface area contributed by atoms with Crippen molar-refractivity contribution in [3.63, 3.8) is 0 Å². The van der Waals surface area contributed by atoms with Crippen LogP contribution in [0.4, 0.5) is 10.1 Å². The highest BCUT2D eigenvalue weighted by molar-refractivity contribution is 8.00. The molecule has 2 aliphatic rings. The topological polar surface area (TPSA) is 73.7 Å². The molecule has 218 valence electrons. The first-order valence-corrected chi connectivity index (χ1v) is 14.8. The van der Waals surface area contributed by atoms with E-state index in [-0.39, 0.29) is 23.7 Å². The minimum absolute atomic E-state index is 0.0399. The van der Waals surface area contributed by atoms with Gasteiger partial charge in [0.15, 0.2) is 0 Å². The quantitative estimate of drug-likeness (QED) is 0.278. The van der Waals surface area contributed by atoms with E-state index in [2.05, 4.69) is 61.4 Å². The second kappa shape index (κ2) is 13.2. The molecule has 4 rings (SSSR count). The molecule has 0 amide bonds. The number of hydrogen-bond acceptors (Lipinski definition) is 5. The minimum atomic E-state index is -0.849. The number of halogens is 1. The molecule has 0 unspecified atom stereocenters. The van der Waals surface area contributed by atoms with E-state index in [1.807, 2.05) is 20.1 Å². The van der Waals surface area contributed by atoms with E-state index >= 15 is 0 Å². The van der Waals surface area contributed by atoms with Gasteiger partial charge in [-0.2, -0.15) is 0 Å². The van der Waals surface area contributed by atoms with Crippen LogP contribution in [0.15, 0.2) is 43.6 Å². The van der Waals surface area contributed by atoms with Crippen molar-refractivity contribution < 1.29 is 19.4 Å². The number of nitrogens with zero attached hydrogens (tertiary/aromatic N) is 2. The highest BCUT2D eigenvalue weighted by Crippen LogP contribution is 2.53. The molecule has 5 nitrogen and oxygen atoms in total. The molecule has 1 aliphatic heterocycles. The summed E-state index contributed by atoms with van der Waals surface area (Å²) in [7, 11) is 0. The van der Waals surface area contributed by atoms with Crippen LogP contribution in [0.2, 0.25) is 0 Å². The number of carboxylic acids is 1. The summed E-state index contributed by atoms with van der Waals surface area (Å²) < 4.78 is 16.5. The van der Waals surface area contributed by atoms with E-state index in [9.17, 15) is 14.3 Å². The number of anilines is 1. The number of hydrogen-bond donors (Lipinski definition) is 2. The Morgan fingerprint density at radius 3 is 2.30 bits per heavy atom. The van der Waals surface area contributed by atoms with Crippen LogP contribution in [0, 0.1) is 25.1 Å².